The summed E-state index contributed by atoms with van der Waals surface area (Å²) in [5.74, 6) is 0. The summed E-state index contributed by atoms with van der Waals surface area (Å²) in [6.45, 7) is 3.29. The van der Waals surface area contributed by atoms with Crippen molar-refractivity contribution >= 4 is 11.6 Å². The van der Waals surface area contributed by atoms with Crippen molar-refractivity contribution < 1.29 is 25.9 Å². The Morgan fingerprint density at radius 3 is 2.00 bits per heavy atom. The van der Waals surface area contributed by atoms with E-state index in [-0.39, 0.29) is 0 Å². The number of hydrogen-bond acceptors (Lipinski definition) is 1. The summed E-state index contributed by atoms with van der Waals surface area (Å²) in [5, 5.41) is 0.487. The lowest BCUT2D eigenvalue weighted by molar-refractivity contribution is -0.726. The third-order valence-electron chi connectivity index (χ3n) is 5.40. The molecule has 0 heterocycles. The van der Waals surface area contributed by atoms with Crippen LogP contribution >= 0.6 is 11.6 Å². The Morgan fingerprint density at radius 1 is 0.783 bits per heavy atom. The predicted molar refractivity (Wildman–Crippen MR) is 97.3 cm³/mol. The Labute approximate surface area is 159 Å². The van der Waals surface area contributed by atoms with E-state index in [9.17, 15) is 0 Å². The minimum Gasteiger partial charge on any atom is -0.378 e. The molecule has 2 rings (SSSR count). The van der Waals surface area contributed by atoms with Crippen LogP contribution in [0.2, 0.25) is 0 Å². The van der Waals surface area contributed by atoms with Gasteiger partial charge in [-0.15, -0.1) is 11.6 Å². The average molecular weight is 456 g/mol. The van der Waals surface area contributed by atoms with Gasteiger partial charge in [0.05, 0.1) is 6.10 Å². The maximum absolute atomic E-state index is 6.24. The molecule has 0 aromatic carbocycles. The Bertz CT molecular complexity index is 283. The van der Waals surface area contributed by atoms with Gasteiger partial charge in [0.1, 0.15) is 0 Å². The van der Waals surface area contributed by atoms with E-state index in [2.05, 4.69) is 6.92 Å². The molecule has 0 N–H and O–H groups in total. The van der Waals surface area contributed by atoms with Crippen molar-refractivity contribution in [2.75, 3.05) is 6.61 Å². The topological polar surface area (TPSA) is 9.23 Å². The van der Waals surface area contributed by atoms with Crippen LogP contribution < -0.4 is 21.2 Å². The first-order valence-corrected chi connectivity index (χ1v) is 13.1. The third-order valence-corrected chi connectivity index (χ3v) is 10.4. The highest BCUT2D eigenvalue weighted by Gasteiger charge is 2.37. The molecular formula is C20H37ClIO+. The zero-order valence-corrected chi connectivity index (χ0v) is 18.0. The Hall–Kier alpha value is 0.980. The van der Waals surface area contributed by atoms with E-state index in [1.807, 2.05) is 0 Å². The van der Waals surface area contributed by atoms with Gasteiger partial charge in [0.2, 0.25) is 0 Å². The molecule has 0 aliphatic heterocycles. The van der Waals surface area contributed by atoms with Crippen molar-refractivity contribution in [3.8, 4) is 0 Å². The number of hydrogen-bond donors (Lipinski definition) is 0. The molecule has 136 valence electrons. The van der Waals surface area contributed by atoms with Gasteiger partial charge < -0.3 is 4.74 Å². The van der Waals surface area contributed by atoms with E-state index in [1.165, 1.54) is 89.9 Å². The summed E-state index contributed by atoms with van der Waals surface area (Å²) in [4.78, 5) is 0. The van der Waals surface area contributed by atoms with Crippen LogP contribution in [0.4, 0.5) is 0 Å². The number of unbranched alkanes of at least 4 members (excludes halogenated alkanes) is 5. The first kappa shape index (κ1) is 20.3. The van der Waals surface area contributed by atoms with Gasteiger partial charge in [-0.3, -0.25) is 0 Å². The van der Waals surface area contributed by atoms with Crippen LogP contribution in [0.5, 0.6) is 0 Å². The molecule has 0 saturated heterocycles. The lowest BCUT2D eigenvalue weighted by atomic mass is 9.98. The molecule has 1 nitrogen and oxygen atoms in total. The van der Waals surface area contributed by atoms with Crippen LogP contribution in [0.25, 0.3) is 0 Å². The lowest BCUT2D eigenvalue weighted by Gasteiger charge is -2.25. The fraction of sp³-hybridized carbons (Fsp3) is 1.00. The second kappa shape index (κ2) is 12.4. The molecule has 3 heteroatoms. The molecule has 2 aliphatic rings. The molecule has 0 aromatic heterocycles. The van der Waals surface area contributed by atoms with Crippen LogP contribution in [-0.4, -0.2) is 25.9 Å². The van der Waals surface area contributed by atoms with Crippen LogP contribution in [0.3, 0.4) is 0 Å². The minimum atomic E-state index is 0.404. The van der Waals surface area contributed by atoms with E-state index < -0.39 is 0 Å². The van der Waals surface area contributed by atoms with Gasteiger partial charge in [-0.25, -0.2) is 0 Å². The van der Waals surface area contributed by atoms with E-state index in [4.69, 9.17) is 16.3 Å². The molecule has 0 aromatic rings. The maximum atomic E-state index is 6.24. The molecule has 0 bridgehead atoms. The second-order valence-corrected chi connectivity index (χ2v) is 12.3. The fourth-order valence-corrected chi connectivity index (χ4v) is 8.40. The Morgan fingerprint density at radius 2 is 1.35 bits per heavy atom. The molecule has 0 unspecified atom stereocenters. The molecule has 0 spiro atoms. The zero-order valence-electron chi connectivity index (χ0n) is 15.1. The normalized spacial score (nSPS) is 32.1. The third kappa shape index (κ3) is 8.76. The van der Waals surface area contributed by atoms with E-state index >= 15 is 0 Å². The van der Waals surface area contributed by atoms with Gasteiger partial charge >= 0.3 is 0 Å². The average Bonchev–Trinajstić information content (AvgIpc) is 2.58. The van der Waals surface area contributed by atoms with E-state index in [0.717, 1.165) is 14.5 Å². The van der Waals surface area contributed by atoms with Crippen molar-refractivity contribution in [2.24, 2.45) is 0 Å². The smallest absolute Gasteiger partial charge is 0.275 e. The molecule has 0 radical (unpaired) electrons. The minimum absolute atomic E-state index is 0.404. The summed E-state index contributed by atoms with van der Waals surface area (Å²) in [7, 11) is 0. The van der Waals surface area contributed by atoms with E-state index in [0.29, 0.717) is 32.7 Å². The van der Waals surface area contributed by atoms with Crippen LogP contribution in [-0.2, 0) is 4.74 Å². The number of alkyl halides is 3. The van der Waals surface area contributed by atoms with Crippen LogP contribution in [0.15, 0.2) is 0 Å². The van der Waals surface area contributed by atoms with Gasteiger partial charge in [0.25, 0.3) is 21.2 Å². The molecular weight excluding hydrogens is 419 g/mol. The first-order chi connectivity index (χ1) is 11.3. The second-order valence-electron chi connectivity index (χ2n) is 7.49. The quantitative estimate of drug-likeness (QED) is 0.279. The highest BCUT2D eigenvalue weighted by atomic mass is 127. The predicted octanol–water partition coefficient (Wildman–Crippen LogP) is 3.31. The molecule has 2 fully saturated rings. The summed E-state index contributed by atoms with van der Waals surface area (Å²) in [6, 6.07) is 0. The van der Waals surface area contributed by atoms with Crippen molar-refractivity contribution in [3.05, 3.63) is 0 Å². The summed E-state index contributed by atoms with van der Waals surface area (Å²) >= 11 is 6.64. The first-order valence-electron chi connectivity index (χ1n) is 10.2. The number of rotatable bonds is 10. The highest BCUT2D eigenvalue weighted by Crippen LogP contribution is 2.22. The Kier molecular flexibility index (Phi) is 10.9. The van der Waals surface area contributed by atoms with E-state index in [1.54, 1.807) is 0 Å². The molecule has 2 saturated carbocycles. The maximum Gasteiger partial charge on any atom is 0.275 e. The van der Waals surface area contributed by atoms with Crippen molar-refractivity contribution in [3.63, 3.8) is 0 Å². The SMILES string of the molecule is CCCCCCCCOC1CCC([I+]C2CCC(Cl)CC2)CC1. The van der Waals surface area contributed by atoms with Crippen molar-refractivity contribution in [1.82, 2.24) is 0 Å². The molecule has 23 heavy (non-hydrogen) atoms. The molecule has 2 aliphatic carbocycles. The van der Waals surface area contributed by atoms with Gasteiger partial charge in [0.15, 0.2) is 7.85 Å². The van der Waals surface area contributed by atoms with Crippen LogP contribution in [0, 0.1) is 0 Å². The van der Waals surface area contributed by atoms with Gasteiger partial charge in [0, 0.05) is 12.0 Å². The summed E-state index contributed by atoms with van der Waals surface area (Å²) in [5.41, 5.74) is 0. The van der Waals surface area contributed by atoms with Crippen molar-refractivity contribution in [2.45, 2.75) is 116 Å². The number of ether oxygens (including phenoxy) is 1. The molecule has 0 atom stereocenters. The Balaban J connectivity index is 1.46. The summed E-state index contributed by atoms with van der Waals surface area (Å²) < 4.78 is 8.30. The summed E-state index contributed by atoms with van der Waals surface area (Å²) in [6.07, 6.45) is 19.8. The fourth-order valence-electron chi connectivity index (χ4n) is 3.84. The standard InChI is InChI=1S/C20H37ClIO/c1-2-3-4-5-6-7-16-23-20-14-12-19(13-15-20)22-18-10-8-17(21)9-11-18/h17-20H,2-16H2,1H3/q+1. The van der Waals surface area contributed by atoms with Gasteiger partial charge in [-0.2, -0.15) is 0 Å². The van der Waals surface area contributed by atoms with Crippen molar-refractivity contribution in [1.29, 1.82) is 0 Å². The monoisotopic (exact) mass is 455 g/mol. The highest BCUT2D eigenvalue weighted by molar-refractivity contribution is 6.20. The largest absolute Gasteiger partial charge is 0.378 e. The number of halogens is 2. The van der Waals surface area contributed by atoms with Gasteiger partial charge in [-0.1, -0.05) is 39.0 Å². The van der Waals surface area contributed by atoms with Crippen LogP contribution in [0.1, 0.15) is 96.8 Å². The molecule has 0 amide bonds. The zero-order chi connectivity index (χ0) is 16.3. The lowest BCUT2D eigenvalue weighted by Crippen LogP contribution is -3.68. The van der Waals surface area contributed by atoms with Gasteiger partial charge in [-0.05, 0) is 57.8 Å².